The molecule has 1 N–H and O–H groups in total. The third-order valence-corrected chi connectivity index (χ3v) is 5.36. The topological polar surface area (TPSA) is 54.4 Å². The van der Waals surface area contributed by atoms with Crippen LogP contribution in [0.5, 0.6) is 0 Å². The predicted octanol–water partition coefficient (Wildman–Crippen LogP) is 2.46. The minimum Gasteiger partial charge on any atom is -0.388 e. The molecule has 0 radical (unpaired) electrons. The molecule has 2 atom stereocenters. The van der Waals surface area contributed by atoms with E-state index >= 15 is 0 Å². The summed E-state index contributed by atoms with van der Waals surface area (Å²) in [7, 11) is -3.01. The van der Waals surface area contributed by atoms with Crippen LogP contribution in [0.1, 0.15) is 18.1 Å². The normalized spacial score (nSPS) is 24.8. The molecule has 0 spiro atoms. The number of benzene rings is 1. The van der Waals surface area contributed by atoms with E-state index in [0.29, 0.717) is 22.0 Å². The minimum atomic E-state index is -3.01. The fraction of sp³-hybridized carbons (Fsp3) is 0.455. The molecule has 94 valence electrons. The van der Waals surface area contributed by atoms with E-state index in [0.717, 1.165) is 0 Å². The van der Waals surface area contributed by atoms with Crippen molar-refractivity contribution < 1.29 is 13.5 Å². The molecule has 1 fully saturated rings. The van der Waals surface area contributed by atoms with Crippen molar-refractivity contribution in [2.24, 2.45) is 5.92 Å². The molecule has 2 rings (SSSR count). The zero-order chi connectivity index (χ0) is 12.6. The number of aliphatic hydroxyl groups excluding tert-OH is 1. The van der Waals surface area contributed by atoms with Gasteiger partial charge in [0.2, 0.25) is 0 Å². The predicted molar refractivity (Wildman–Crippen MR) is 68.2 cm³/mol. The molecule has 1 heterocycles. The van der Waals surface area contributed by atoms with Crippen molar-refractivity contribution in [3.8, 4) is 0 Å². The van der Waals surface area contributed by atoms with Gasteiger partial charge in [-0.3, -0.25) is 0 Å². The summed E-state index contributed by atoms with van der Waals surface area (Å²) in [4.78, 5) is 0. The third-order valence-electron chi connectivity index (χ3n) is 2.99. The Kier molecular flexibility index (Phi) is 3.69. The zero-order valence-electron chi connectivity index (χ0n) is 8.94. The van der Waals surface area contributed by atoms with Gasteiger partial charge in [-0.15, -0.1) is 0 Å². The molecule has 1 saturated heterocycles. The molecular weight excluding hydrogens is 283 g/mol. The van der Waals surface area contributed by atoms with Crippen molar-refractivity contribution in [1.82, 2.24) is 0 Å². The fourth-order valence-corrected chi connectivity index (χ4v) is 4.31. The van der Waals surface area contributed by atoms with Gasteiger partial charge >= 0.3 is 0 Å². The molecule has 6 heteroatoms. The van der Waals surface area contributed by atoms with Crippen molar-refractivity contribution in [3.05, 3.63) is 33.8 Å². The van der Waals surface area contributed by atoms with E-state index in [1.807, 2.05) is 0 Å². The first-order valence-corrected chi connectivity index (χ1v) is 7.80. The maximum atomic E-state index is 11.4. The van der Waals surface area contributed by atoms with Crippen LogP contribution < -0.4 is 0 Å². The van der Waals surface area contributed by atoms with E-state index in [2.05, 4.69) is 0 Å². The van der Waals surface area contributed by atoms with E-state index in [1.54, 1.807) is 18.2 Å². The van der Waals surface area contributed by atoms with E-state index in [-0.39, 0.29) is 17.4 Å². The van der Waals surface area contributed by atoms with Crippen molar-refractivity contribution >= 4 is 33.0 Å². The monoisotopic (exact) mass is 294 g/mol. The van der Waals surface area contributed by atoms with Crippen molar-refractivity contribution in [1.29, 1.82) is 0 Å². The molecular formula is C11H12Cl2O3S. The maximum Gasteiger partial charge on any atom is 0.150 e. The lowest BCUT2D eigenvalue weighted by Gasteiger charge is -2.18. The average Bonchev–Trinajstić information content (AvgIpc) is 2.61. The average molecular weight is 295 g/mol. The van der Waals surface area contributed by atoms with Crippen molar-refractivity contribution in [2.45, 2.75) is 12.5 Å². The van der Waals surface area contributed by atoms with Gasteiger partial charge in [-0.1, -0.05) is 23.2 Å². The molecule has 0 amide bonds. The highest BCUT2D eigenvalue weighted by Crippen LogP contribution is 2.35. The number of rotatable bonds is 2. The highest BCUT2D eigenvalue weighted by molar-refractivity contribution is 7.91. The summed E-state index contributed by atoms with van der Waals surface area (Å²) >= 11 is 11.8. The second-order valence-corrected chi connectivity index (χ2v) is 7.35. The van der Waals surface area contributed by atoms with Crippen LogP contribution in [0.25, 0.3) is 0 Å². The molecule has 0 aromatic heterocycles. The number of hydrogen-bond acceptors (Lipinski definition) is 3. The first-order chi connectivity index (χ1) is 7.89. The molecule has 0 saturated carbocycles. The van der Waals surface area contributed by atoms with Crippen LogP contribution in [0, 0.1) is 5.92 Å². The Morgan fingerprint density at radius 2 is 2.06 bits per heavy atom. The fourth-order valence-electron chi connectivity index (χ4n) is 2.07. The van der Waals surface area contributed by atoms with E-state index in [1.165, 1.54) is 0 Å². The first kappa shape index (κ1) is 13.1. The van der Waals surface area contributed by atoms with Gasteiger partial charge in [0, 0.05) is 21.5 Å². The van der Waals surface area contributed by atoms with Crippen LogP contribution in [-0.2, 0) is 9.84 Å². The van der Waals surface area contributed by atoms with Crippen LogP contribution in [0.15, 0.2) is 18.2 Å². The maximum absolute atomic E-state index is 11.4. The summed E-state index contributed by atoms with van der Waals surface area (Å²) in [5, 5.41) is 11.0. The number of sulfone groups is 1. The van der Waals surface area contributed by atoms with Crippen LogP contribution >= 0.6 is 23.2 Å². The lowest BCUT2D eigenvalue weighted by molar-refractivity contribution is 0.121. The Balaban J connectivity index is 2.26. The SMILES string of the molecule is O=S1(=O)CCC(C(O)c2cc(Cl)ccc2Cl)C1. The zero-order valence-corrected chi connectivity index (χ0v) is 11.3. The van der Waals surface area contributed by atoms with Gasteiger partial charge in [0.05, 0.1) is 17.6 Å². The van der Waals surface area contributed by atoms with Gasteiger partial charge in [0.1, 0.15) is 0 Å². The summed E-state index contributed by atoms with van der Waals surface area (Å²) in [6.45, 7) is 0. The van der Waals surface area contributed by atoms with Gasteiger partial charge in [-0.2, -0.15) is 0 Å². The van der Waals surface area contributed by atoms with Crippen molar-refractivity contribution in [2.75, 3.05) is 11.5 Å². The van der Waals surface area contributed by atoms with Gasteiger partial charge in [-0.05, 0) is 24.6 Å². The molecule has 2 unspecified atom stereocenters. The van der Waals surface area contributed by atoms with Gasteiger partial charge in [-0.25, -0.2) is 8.42 Å². The second-order valence-electron chi connectivity index (χ2n) is 4.27. The number of hydrogen-bond donors (Lipinski definition) is 1. The molecule has 17 heavy (non-hydrogen) atoms. The van der Waals surface area contributed by atoms with E-state index < -0.39 is 15.9 Å². The van der Waals surface area contributed by atoms with Gasteiger partial charge in [0.15, 0.2) is 9.84 Å². The lowest BCUT2D eigenvalue weighted by Crippen LogP contribution is -2.14. The third kappa shape index (κ3) is 2.94. The van der Waals surface area contributed by atoms with Crippen LogP contribution in [0.3, 0.4) is 0 Å². The number of halogens is 2. The quantitative estimate of drug-likeness (QED) is 0.912. The lowest BCUT2D eigenvalue weighted by atomic mass is 9.95. The second kappa shape index (κ2) is 4.76. The Morgan fingerprint density at radius 1 is 1.35 bits per heavy atom. The smallest absolute Gasteiger partial charge is 0.150 e. The van der Waals surface area contributed by atoms with Crippen LogP contribution in [0.4, 0.5) is 0 Å². The summed E-state index contributed by atoms with van der Waals surface area (Å²) in [6, 6.07) is 4.82. The Labute approximate surface area is 110 Å². The Morgan fingerprint density at radius 3 is 2.65 bits per heavy atom. The number of aliphatic hydroxyl groups is 1. The molecule has 0 bridgehead atoms. The molecule has 0 aliphatic carbocycles. The first-order valence-electron chi connectivity index (χ1n) is 5.22. The summed E-state index contributed by atoms with van der Waals surface area (Å²) in [6.07, 6.45) is -0.412. The van der Waals surface area contributed by atoms with Gasteiger partial charge in [0.25, 0.3) is 0 Å². The Bertz CT molecular complexity index is 528. The highest BCUT2D eigenvalue weighted by Gasteiger charge is 2.34. The molecule has 1 aromatic rings. The summed E-state index contributed by atoms with van der Waals surface area (Å²) in [5.41, 5.74) is 0.501. The van der Waals surface area contributed by atoms with Gasteiger partial charge < -0.3 is 5.11 Å². The molecule has 1 aliphatic heterocycles. The minimum absolute atomic E-state index is 0.0109. The molecule has 1 aliphatic rings. The van der Waals surface area contributed by atoms with E-state index in [9.17, 15) is 13.5 Å². The summed E-state index contributed by atoms with van der Waals surface area (Å²) < 4.78 is 22.7. The largest absolute Gasteiger partial charge is 0.388 e. The summed E-state index contributed by atoms with van der Waals surface area (Å²) in [5.74, 6) is -0.153. The molecule has 1 aromatic carbocycles. The van der Waals surface area contributed by atoms with Crippen LogP contribution in [0.2, 0.25) is 10.0 Å². The standard InChI is InChI=1S/C11H12Cl2O3S/c12-8-1-2-10(13)9(5-8)11(14)7-3-4-17(15,16)6-7/h1-2,5,7,11,14H,3-4,6H2. The molecule has 3 nitrogen and oxygen atoms in total. The highest BCUT2D eigenvalue weighted by atomic mass is 35.5. The Hall–Kier alpha value is -0.290. The van der Waals surface area contributed by atoms with Crippen LogP contribution in [-0.4, -0.2) is 25.0 Å². The van der Waals surface area contributed by atoms with Crippen molar-refractivity contribution in [3.63, 3.8) is 0 Å². The van der Waals surface area contributed by atoms with E-state index in [4.69, 9.17) is 23.2 Å².